The van der Waals surface area contributed by atoms with Gasteiger partial charge in [0.2, 0.25) is 0 Å². The SMILES string of the molecule is Cc1cc(CNC(=O)c2cc(C(=O)N[C@@H](C)c3ccc(C(=O)O)cc3)nc3cc(N)nn23)ccc1F. The molecule has 0 unspecified atom stereocenters. The fourth-order valence-corrected chi connectivity index (χ4v) is 3.63. The molecule has 2 aromatic carbocycles. The fraction of sp³-hybridized carbons (Fsp3) is 0.160. The molecule has 0 fully saturated rings. The highest BCUT2D eigenvalue weighted by Crippen LogP contribution is 2.16. The highest BCUT2D eigenvalue weighted by molar-refractivity contribution is 5.98. The third kappa shape index (κ3) is 5.14. The molecular formula is C25H23FN6O4. The Morgan fingerprint density at radius 1 is 1.08 bits per heavy atom. The number of nitrogens with one attached hydrogen (secondary N) is 2. The monoisotopic (exact) mass is 490 g/mol. The second-order valence-electron chi connectivity index (χ2n) is 8.25. The van der Waals surface area contributed by atoms with Gasteiger partial charge in [0.1, 0.15) is 23.0 Å². The maximum Gasteiger partial charge on any atom is 0.335 e. The number of rotatable bonds is 7. The molecule has 10 nitrogen and oxygen atoms in total. The number of hydrogen-bond donors (Lipinski definition) is 4. The van der Waals surface area contributed by atoms with Crippen molar-refractivity contribution in [3.05, 3.63) is 94.1 Å². The van der Waals surface area contributed by atoms with Crippen molar-refractivity contribution in [2.24, 2.45) is 0 Å². The summed E-state index contributed by atoms with van der Waals surface area (Å²) in [6.45, 7) is 3.50. The summed E-state index contributed by atoms with van der Waals surface area (Å²) in [5.41, 5.74) is 8.00. The molecule has 2 amide bonds. The number of carboxylic acids is 1. The molecule has 1 atom stereocenters. The molecule has 0 aliphatic carbocycles. The second kappa shape index (κ2) is 9.82. The van der Waals surface area contributed by atoms with Crippen LogP contribution in [0.25, 0.3) is 5.65 Å². The minimum atomic E-state index is -1.05. The number of aromatic nitrogens is 3. The van der Waals surface area contributed by atoms with Gasteiger partial charge in [-0.3, -0.25) is 9.59 Å². The van der Waals surface area contributed by atoms with Gasteiger partial charge in [-0.15, -0.1) is 5.10 Å². The summed E-state index contributed by atoms with van der Waals surface area (Å²) in [4.78, 5) is 41.3. The smallest absolute Gasteiger partial charge is 0.335 e. The van der Waals surface area contributed by atoms with Crippen molar-refractivity contribution in [3.8, 4) is 0 Å². The lowest BCUT2D eigenvalue weighted by atomic mass is 10.1. The molecule has 0 aliphatic rings. The largest absolute Gasteiger partial charge is 0.478 e. The summed E-state index contributed by atoms with van der Waals surface area (Å²) >= 11 is 0. The molecule has 184 valence electrons. The van der Waals surface area contributed by atoms with Gasteiger partial charge in [-0.05, 0) is 48.7 Å². The van der Waals surface area contributed by atoms with Gasteiger partial charge in [0, 0.05) is 18.7 Å². The third-order valence-electron chi connectivity index (χ3n) is 5.59. The van der Waals surface area contributed by atoms with Crippen LogP contribution in [-0.4, -0.2) is 37.5 Å². The van der Waals surface area contributed by atoms with E-state index in [1.54, 1.807) is 38.1 Å². The van der Waals surface area contributed by atoms with Crippen LogP contribution in [0.4, 0.5) is 10.2 Å². The molecule has 0 radical (unpaired) electrons. The Morgan fingerprint density at radius 3 is 2.47 bits per heavy atom. The van der Waals surface area contributed by atoms with Gasteiger partial charge in [-0.1, -0.05) is 24.3 Å². The van der Waals surface area contributed by atoms with Gasteiger partial charge in [-0.25, -0.2) is 18.7 Å². The van der Waals surface area contributed by atoms with E-state index in [1.165, 1.54) is 34.8 Å². The number of nitrogens with zero attached hydrogens (tertiary/aromatic N) is 3. The summed E-state index contributed by atoms with van der Waals surface area (Å²) in [7, 11) is 0. The molecule has 0 saturated heterocycles. The normalized spacial score (nSPS) is 11.8. The number of halogens is 1. The van der Waals surface area contributed by atoms with E-state index < -0.39 is 23.8 Å². The molecule has 11 heteroatoms. The summed E-state index contributed by atoms with van der Waals surface area (Å²) in [5.74, 6) is -2.34. The highest BCUT2D eigenvalue weighted by Gasteiger charge is 2.20. The van der Waals surface area contributed by atoms with E-state index in [4.69, 9.17) is 10.8 Å². The first-order valence-electron chi connectivity index (χ1n) is 11.0. The number of aryl methyl sites for hydroxylation is 1. The number of hydrogen-bond acceptors (Lipinski definition) is 6. The van der Waals surface area contributed by atoms with E-state index in [2.05, 4.69) is 20.7 Å². The van der Waals surface area contributed by atoms with Crippen LogP contribution in [0.3, 0.4) is 0 Å². The maximum absolute atomic E-state index is 13.5. The van der Waals surface area contributed by atoms with Crippen molar-refractivity contribution >= 4 is 29.2 Å². The van der Waals surface area contributed by atoms with Crippen molar-refractivity contribution in [2.45, 2.75) is 26.4 Å². The third-order valence-corrected chi connectivity index (χ3v) is 5.59. The molecule has 5 N–H and O–H groups in total. The summed E-state index contributed by atoms with van der Waals surface area (Å²) in [6.07, 6.45) is 0. The molecule has 0 spiro atoms. The first-order chi connectivity index (χ1) is 17.1. The number of amides is 2. The van der Waals surface area contributed by atoms with Crippen LogP contribution in [0.2, 0.25) is 0 Å². The standard InChI is InChI=1S/C25H23FN6O4/c1-13-9-15(3-8-18(13)26)12-28-24(34)20-10-19(30-22-11-21(27)31-32(20)22)23(33)29-14(2)16-4-6-17(7-5-16)25(35)36/h3-11,14H,12H2,1-2H3,(H2,27,31)(H,28,34)(H,29,33)(H,35,36)/t14-/m0/s1. The topological polar surface area (TPSA) is 152 Å². The number of nitrogens with two attached hydrogens (primary N) is 1. The van der Waals surface area contributed by atoms with Gasteiger partial charge in [0.05, 0.1) is 11.6 Å². The Labute approximate surface area is 205 Å². The van der Waals surface area contributed by atoms with E-state index in [9.17, 15) is 18.8 Å². The number of aromatic carboxylic acids is 1. The number of fused-ring (bicyclic) bond motifs is 1. The Morgan fingerprint density at radius 2 is 1.81 bits per heavy atom. The van der Waals surface area contributed by atoms with Crippen LogP contribution in [0, 0.1) is 12.7 Å². The molecule has 4 rings (SSSR count). The number of nitrogen functional groups attached to an aromatic ring is 1. The van der Waals surface area contributed by atoms with Crippen molar-refractivity contribution in [1.29, 1.82) is 0 Å². The van der Waals surface area contributed by atoms with Gasteiger partial charge in [-0.2, -0.15) is 0 Å². The lowest BCUT2D eigenvalue weighted by molar-refractivity contribution is 0.0696. The van der Waals surface area contributed by atoms with Crippen LogP contribution in [-0.2, 0) is 6.54 Å². The molecule has 36 heavy (non-hydrogen) atoms. The Bertz CT molecular complexity index is 1480. The minimum Gasteiger partial charge on any atom is -0.478 e. The zero-order chi connectivity index (χ0) is 26.0. The predicted molar refractivity (Wildman–Crippen MR) is 129 cm³/mol. The predicted octanol–water partition coefficient (Wildman–Crippen LogP) is 2.88. The van der Waals surface area contributed by atoms with Crippen molar-refractivity contribution in [3.63, 3.8) is 0 Å². The Hall–Kier alpha value is -4.80. The first kappa shape index (κ1) is 24.3. The Kier molecular flexibility index (Phi) is 6.64. The van der Waals surface area contributed by atoms with Gasteiger partial charge in [0.25, 0.3) is 11.8 Å². The van der Waals surface area contributed by atoms with Crippen LogP contribution < -0.4 is 16.4 Å². The molecule has 0 bridgehead atoms. The van der Waals surface area contributed by atoms with E-state index >= 15 is 0 Å². The van der Waals surface area contributed by atoms with Crippen LogP contribution in [0.1, 0.15) is 61.0 Å². The second-order valence-corrected chi connectivity index (χ2v) is 8.25. The molecule has 0 saturated carbocycles. The first-order valence-corrected chi connectivity index (χ1v) is 11.0. The van der Waals surface area contributed by atoms with Crippen molar-refractivity contribution in [1.82, 2.24) is 25.2 Å². The maximum atomic E-state index is 13.5. The molecular weight excluding hydrogens is 467 g/mol. The van der Waals surface area contributed by atoms with Gasteiger partial charge < -0.3 is 21.5 Å². The zero-order valence-electron chi connectivity index (χ0n) is 19.4. The molecule has 2 heterocycles. The van der Waals surface area contributed by atoms with Crippen molar-refractivity contribution in [2.75, 3.05) is 5.73 Å². The number of anilines is 1. The molecule has 4 aromatic rings. The van der Waals surface area contributed by atoms with E-state index in [0.717, 1.165) is 0 Å². The number of benzene rings is 2. The van der Waals surface area contributed by atoms with E-state index in [-0.39, 0.29) is 40.8 Å². The van der Waals surface area contributed by atoms with Gasteiger partial charge in [0.15, 0.2) is 5.65 Å². The zero-order valence-corrected chi connectivity index (χ0v) is 19.4. The number of carbonyl (C=O) groups excluding carboxylic acids is 2. The number of carbonyl (C=O) groups is 3. The van der Waals surface area contributed by atoms with Crippen LogP contribution in [0.15, 0.2) is 54.6 Å². The fourth-order valence-electron chi connectivity index (χ4n) is 3.63. The van der Waals surface area contributed by atoms with E-state index in [0.29, 0.717) is 16.7 Å². The lowest BCUT2D eigenvalue weighted by Crippen LogP contribution is -2.30. The average Bonchev–Trinajstić information content (AvgIpc) is 3.23. The quantitative estimate of drug-likeness (QED) is 0.311. The van der Waals surface area contributed by atoms with Gasteiger partial charge >= 0.3 is 5.97 Å². The minimum absolute atomic E-state index is 0.0285. The van der Waals surface area contributed by atoms with Crippen molar-refractivity contribution < 1.29 is 23.9 Å². The summed E-state index contributed by atoms with van der Waals surface area (Å²) in [6, 6.07) is 12.9. The molecule has 2 aromatic heterocycles. The summed E-state index contributed by atoms with van der Waals surface area (Å²) in [5, 5.41) is 18.7. The van der Waals surface area contributed by atoms with Crippen LogP contribution >= 0.6 is 0 Å². The number of carboxylic acid groups (broad SMARTS) is 1. The lowest BCUT2D eigenvalue weighted by Gasteiger charge is -2.15. The highest BCUT2D eigenvalue weighted by atomic mass is 19.1. The Balaban J connectivity index is 1.56. The van der Waals surface area contributed by atoms with E-state index in [1.807, 2.05) is 0 Å². The molecule has 0 aliphatic heterocycles. The van der Waals surface area contributed by atoms with Crippen LogP contribution in [0.5, 0.6) is 0 Å². The summed E-state index contributed by atoms with van der Waals surface area (Å²) < 4.78 is 14.8. The average molecular weight is 490 g/mol.